The van der Waals surface area contributed by atoms with Crippen LogP contribution in [0.5, 0.6) is 0 Å². The molecule has 1 unspecified atom stereocenters. The first-order valence-corrected chi connectivity index (χ1v) is 7.18. The van der Waals surface area contributed by atoms with Crippen LogP contribution in [0.4, 0.5) is 0 Å². The number of likely N-dealkylation sites (tertiary alicyclic amines) is 1. The molecule has 4 heteroatoms. The highest BCUT2D eigenvalue weighted by atomic mass is 16.2. The third-order valence-corrected chi connectivity index (χ3v) is 3.67. The van der Waals surface area contributed by atoms with Gasteiger partial charge in [-0.25, -0.2) is 0 Å². The van der Waals surface area contributed by atoms with E-state index in [9.17, 15) is 4.79 Å². The molecular weight excluding hydrogens is 226 g/mol. The van der Waals surface area contributed by atoms with Crippen molar-refractivity contribution in [2.45, 2.75) is 26.7 Å². The molecule has 1 rings (SSSR count). The van der Waals surface area contributed by atoms with Crippen LogP contribution in [0.3, 0.4) is 0 Å². The van der Waals surface area contributed by atoms with Crippen molar-refractivity contribution in [3.63, 3.8) is 0 Å². The number of carbonyl (C=O) groups excluding carboxylic acids is 1. The van der Waals surface area contributed by atoms with Crippen LogP contribution in [0, 0.1) is 11.8 Å². The van der Waals surface area contributed by atoms with Crippen LogP contribution in [0.1, 0.15) is 26.7 Å². The summed E-state index contributed by atoms with van der Waals surface area (Å²) < 4.78 is 0. The first kappa shape index (κ1) is 15.4. The van der Waals surface area contributed by atoms with E-state index in [2.05, 4.69) is 31.2 Å². The predicted octanol–water partition coefficient (Wildman–Crippen LogP) is 1.03. The molecule has 0 aromatic carbocycles. The summed E-state index contributed by atoms with van der Waals surface area (Å²) in [7, 11) is 4.24. The zero-order valence-corrected chi connectivity index (χ0v) is 12.4. The largest absolute Gasteiger partial charge is 0.342 e. The summed E-state index contributed by atoms with van der Waals surface area (Å²) in [6.45, 7) is 8.85. The summed E-state index contributed by atoms with van der Waals surface area (Å²) in [6, 6.07) is 0. The summed E-state index contributed by atoms with van der Waals surface area (Å²) in [5.74, 6) is 1.18. The molecule has 1 aliphatic heterocycles. The van der Waals surface area contributed by atoms with E-state index in [4.69, 9.17) is 0 Å². The monoisotopic (exact) mass is 255 g/mol. The van der Waals surface area contributed by atoms with Crippen molar-refractivity contribution < 1.29 is 4.79 Å². The fourth-order valence-corrected chi connectivity index (χ4v) is 2.61. The maximum Gasteiger partial charge on any atom is 0.226 e. The van der Waals surface area contributed by atoms with Gasteiger partial charge in [0.2, 0.25) is 5.91 Å². The smallest absolute Gasteiger partial charge is 0.226 e. The number of hydrogen-bond acceptors (Lipinski definition) is 3. The summed E-state index contributed by atoms with van der Waals surface area (Å²) in [4.78, 5) is 16.5. The first-order valence-electron chi connectivity index (χ1n) is 7.18. The van der Waals surface area contributed by atoms with Crippen LogP contribution in [0.15, 0.2) is 0 Å². The third-order valence-electron chi connectivity index (χ3n) is 3.67. The zero-order chi connectivity index (χ0) is 13.5. The molecule has 0 aliphatic carbocycles. The molecule has 106 valence electrons. The Bertz CT molecular complexity index is 247. The average Bonchev–Trinajstić information content (AvgIpc) is 2.35. The second-order valence-corrected chi connectivity index (χ2v) is 5.74. The molecule has 18 heavy (non-hydrogen) atoms. The lowest BCUT2D eigenvalue weighted by molar-refractivity contribution is -0.136. The summed E-state index contributed by atoms with van der Waals surface area (Å²) in [5, 5.41) is 3.25. The van der Waals surface area contributed by atoms with Gasteiger partial charge >= 0.3 is 0 Å². The minimum absolute atomic E-state index is 0.107. The highest BCUT2D eigenvalue weighted by molar-refractivity contribution is 5.78. The molecule has 1 saturated heterocycles. The Balaban J connectivity index is 2.31. The Hall–Kier alpha value is -0.610. The molecule has 1 aliphatic rings. The summed E-state index contributed by atoms with van der Waals surface area (Å²) >= 11 is 0. The van der Waals surface area contributed by atoms with Gasteiger partial charge in [0.25, 0.3) is 0 Å². The van der Waals surface area contributed by atoms with Crippen LogP contribution >= 0.6 is 0 Å². The van der Waals surface area contributed by atoms with Gasteiger partial charge in [0.05, 0.1) is 0 Å². The predicted molar refractivity (Wildman–Crippen MR) is 75.6 cm³/mol. The van der Waals surface area contributed by atoms with Crippen LogP contribution in [-0.2, 0) is 4.79 Å². The van der Waals surface area contributed by atoms with Crippen molar-refractivity contribution in [2.75, 3.05) is 46.8 Å². The van der Waals surface area contributed by atoms with E-state index in [1.54, 1.807) is 0 Å². The van der Waals surface area contributed by atoms with Gasteiger partial charge < -0.3 is 15.1 Å². The number of nitrogens with zero attached hydrogens (tertiary/aromatic N) is 2. The van der Waals surface area contributed by atoms with Gasteiger partial charge in [-0.2, -0.15) is 0 Å². The van der Waals surface area contributed by atoms with Gasteiger partial charge in [0.15, 0.2) is 0 Å². The van der Waals surface area contributed by atoms with E-state index in [1.807, 2.05) is 11.8 Å². The average molecular weight is 255 g/mol. The molecule has 1 amide bonds. The lowest BCUT2D eigenvalue weighted by Crippen LogP contribution is -2.44. The Morgan fingerprint density at radius 2 is 2.00 bits per heavy atom. The Labute approximate surface area is 112 Å². The lowest BCUT2D eigenvalue weighted by Gasteiger charge is -2.34. The molecule has 1 fully saturated rings. The van der Waals surface area contributed by atoms with Crippen molar-refractivity contribution in [1.29, 1.82) is 0 Å². The van der Waals surface area contributed by atoms with Crippen LogP contribution in [0.2, 0.25) is 0 Å². The molecule has 0 spiro atoms. The molecule has 1 N–H and O–H groups in total. The van der Waals surface area contributed by atoms with Crippen molar-refractivity contribution in [2.24, 2.45) is 11.8 Å². The number of nitrogens with one attached hydrogen (secondary N) is 1. The first-order chi connectivity index (χ1) is 8.54. The molecule has 0 saturated carbocycles. The van der Waals surface area contributed by atoms with Crippen molar-refractivity contribution >= 4 is 5.91 Å². The second kappa shape index (κ2) is 7.74. The summed E-state index contributed by atoms with van der Waals surface area (Å²) in [6.07, 6.45) is 2.30. The van der Waals surface area contributed by atoms with E-state index < -0.39 is 0 Å². The Morgan fingerprint density at radius 3 is 2.50 bits per heavy atom. The lowest BCUT2D eigenvalue weighted by atomic mass is 9.95. The van der Waals surface area contributed by atoms with E-state index in [1.165, 1.54) is 0 Å². The molecule has 0 aromatic heterocycles. The topological polar surface area (TPSA) is 35.6 Å². The fourth-order valence-electron chi connectivity index (χ4n) is 2.61. The van der Waals surface area contributed by atoms with Crippen molar-refractivity contribution in [1.82, 2.24) is 15.1 Å². The van der Waals surface area contributed by atoms with Gasteiger partial charge in [-0.1, -0.05) is 13.8 Å². The van der Waals surface area contributed by atoms with Gasteiger partial charge in [0.1, 0.15) is 0 Å². The minimum Gasteiger partial charge on any atom is -0.342 e. The molecule has 0 radical (unpaired) electrons. The molecule has 0 bridgehead atoms. The number of rotatable bonds is 6. The number of amides is 1. The number of hydrogen-bond donors (Lipinski definition) is 1. The molecular formula is C14H29N3O. The molecule has 0 aromatic rings. The van der Waals surface area contributed by atoms with Gasteiger partial charge in [-0.3, -0.25) is 4.79 Å². The number of piperidine rings is 1. The molecule has 1 atom stereocenters. The van der Waals surface area contributed by atoms with Crippen LogP contribution in [-0.4, -0.2) is 62.5 Å². The Morgan fingerprint density at radius 1 is 1.39 bits per heavy atom. The fraction of sp³-hybridized carbons (Fsp3) is 0.929. The van der Waals surface area contributed by atoms with E-state index >= 15 is 0 Å². The Kier molecular flexibility index (Phi) is 6.65. The van der Waals surface area contributed by atoms with E-state index in [-0.39, 0.29) is 5.92 Å². The quantitative estimate of drug-likeness (QED) is 0.770. The standard InChI is InChI=1S/C14H29N3O/c1-5-15-10-12(2)14(18)17-8-6-13(7-9-17)11-16(3)4/h12-13,15H,5-11H2,1-4H3. The van der Waals surface area contributed by atoms with Crippen LogP contribution < -0.4 is 5.32 Å². The SMILES string of the molecule is CCNCC(C)C(=O)N1CCC(CN(C)C)CC1. The highest BCUT2D eigenvalue weighted by Crippen LogP contribution is 2.19. The van der Waals surface area contributed by atoms with Gasteiger partial charge in [-0.15, -0.1) is 0 Å². The molecule has 4 nitrogen and oxygen atoms in total. The maximum atomic E-state index is 12.2. The van der Waals surface area contributed by atoms with Crippen molar-refractivity contribution in [3.8, 4) is 0 Å². The van der Waals surface area contributed by atoms with Crippen LogP contribution in [0.25, 0.3) is 0 Å². The third kappa shape index (κ3) is 4.94. The minimum atomic E-state index is 0.107. The zero-order valence-electron chi connectivity index (χ0n) is 12.4. The maximum absolute atomic E-state index is 12.2. The van der Waals surface area contributed by atoms with E-state index in [0.29, 0.717) is 5.91 Å². The normalized spacial score (nSPS) is 19.3. The summed E-state index contributed by atoms with van der Waals surface area (Å²) in [5.41, 5.74) is 0. The van der Waals surface area contributed by atoms with Gasteiger partial charge in [0, 0.05) is 32.1 Å². The van der Waals surface area contributed by atoms with Gasteiger partial charge in [-0.05, 0) is 39.4 Å². The van der Waals surface area contributed by atoms with E-state index in [0.717, 1.165) is 51.5 Å². The van der Waals surface area contributed by atoms with Crippen molar-refractivity contribution in [3.05, 3.63) is 0 Å². The number of carbonyl (C=O) groups is 1. The highest BCUT2D eigenvalue weighted by Gasteiger charge is 2.25. The second-order valence-electron chi connectivity index (χ2n) is 5.74. The molecule has 1 heterocycles.